The van der Waals surface area contributed by atoms with Gasteiger partial charge >= 0.3 is 0 Å². The van der Waals surface area contributed by atoms with Crippen LogP contribution in [0.15, 0.2) is 29.3 Å². The second-order valence-corrected chi connectivity index (χ2v) is 8.05. The van der Waals surface area contributed by atoms with Gasteiger partial charge in [-0.05, 0) is 64.3 Å². The highest BCUT2D eigenvalue weighted by atomic mass is 15.2. The lowest BCUT2D eigenvalue weighted by molar-refractivity contribution is 0.214. The van der Waals surface area contributed by atoms with E-state index in [1.807, 2.05) is 18.2 Å². The van der Waals surface area contributed by atoms with Gasteiger partial charge in [0.15, 0.2) is 5.96 Å². The van der Waals surface area contributed by atoms with Crippen LogP contribution in [0.5, 0.6) is 0 Å². The molecule has 2 saturated heterocycles. The fourth-order valence-corrected chi connectivity index (χ4v) is 4.31. The zero-order valence-corrected chi connectivity index (χ0v) is 17.3. The Kier molecular flexibility index (Phi) is 7.55. The Labute approximate surface area is 169 Å². The van der Waals surface area contributed by atoms with Crippen LogP contribution in [0, 0.1) is 17.2 Å². The van der Waals surface area contributed by atoms with E-state index in [1.54, 1.807) is 0 Å². The van der Waals surface area contributed by atoms with Gasteiger partial charge in [0.1, 0.15) is 6.07 Å². The van der Waals surface area contributed by atoms with E-state index in [9.17, 15) is 5.26 Å². The van der Waals surface area contributed by atoms with Gasteiger partial charge in [-0.15, -0.1) is 0 Å². The predicted molar refractivity (Wildman–Crippen MR) is 116 cm³/mol. The van der Waals surface area contributed by atoms with Gasteiger partial charge in [-0.2, -0.15) is 5.26 Å². The number of benzene rings is 1. The fraction of sp³-hybridized carbons (Fsp3) is 0.636. The van der Waals surface area contributed by atoms with E-state index >= 15 is 0 Å². The van der Waals surface area contributed by atoms with Crippen LogP contribution in [0.1, 0.15) is 38.2 Å². The molecule has 2 N–H and O–H groups in total. The number of nitrogens with one attached hydrogen (secondary N) is 2. The first-order valence-electron chi connectivity index (χ1n) is 10.7. The molecule has 1 aromatic carbocycles. The highest BCUT2D eigenvalue weighted by molar-refractivity contribution is 5.80. The number of likely N-dealkylation sites (tertiary alicyclic amines) is 1. The fourth-order valence-electron chi connectivity index (χ4n) is 4.31. The van der Waals surface area contributed by atoms with Crippen LogP contribution in [-0.2, 0) is 0 Å². The minimum absolute atomic E-state index is 0.340. The van der Waals surface area contributed by atoms with E-state index in [-0.39, 0.29) is 0 Å². The van der Waals surface area contributed by atoms with Crippen molar-refractivity contribution in [1.82, 2.24) is 15.5 Å². The third-order valence-electron chi connectivity index (χ3n) is 5.70. The third kappa shape index (κ3) is 5.62. The number of guanidine groups is 1. The standard InChI is InChI=1S/C22H34N6/c1-3-24-22(25-15-18-8-6-12-27(2)16-18)26-20-10-7-13-28(17-20)21-11-5-4-9-19(21)14-23/h4-5,9,11,18,20H,3,6-8,10,12-13,15-17H2,1-2H3,(H2,24,25,26). The largest absolute Gasteiger partial charge is 0.368 e. The average molecular weight is 383 g/mol. The normalized spacial score (nSPS) is 23.9. The van der Waals surface area contributed by atoms with Gasteiger partial charge in [0, 0.05) is 38.8 Å². The lowest BCUT2D eigenvalue weighted by atomic mass is 9.99. The summed E-state index contributed by atoms with van der Waals surface area (Å²) in [7, 11) is 2.20. The van der Waals surface area contributed by atoms with Crippen molar-refractivity contribution < 1.29 is 0 Å². The molecule has 0 amide bonds. The lowest BCUT2D eigenvalue weighted by Gasteiger charge is -2.36. The van der Waals surface area contributed by atoms with Gasteiger partial charge in [0.2, 0.25) is 0 Å². The van der Waals surface area contributed by atoms with Crippen molar-refractivity contribution in [2.75, 3.05) is 51.2 Å². The minimum Gasteiger partial charge on any atom is -0.368 e. The van der Waals surface area contributed by atoms with Crippen LogP contribution in [0.2, 0.25) is 0 Å². The van der Waals surface area contributed by atoms with Crippen LogP contribution in [0.25, 0.3) is 0 Å². The van der Waals surface area contributed by atoms with E-state index in [2.05, 4.69) is 46.5 Å². The maximum atomic E-state index is 9.42. The number of para-hydroxylation sites is 1. The molecule has 2 fully saturated rings. The van der Waals surface area contributed by atoms with E-state index in [0.717, 1.165) is 62.8 Å². The number of nitrogens with zero attached hydrogens (tertiary/aromatic N) is 4. The lowest BCUT2D eigenvalue weighted by Crippen LogP contribution is -2.51. The number of piperidine rings is 2. The zero-order valence-electron chi connectivity index (χ0n) is 17.3. The van der Waals surface area contributed by atoms with Crippen molar-refractivity contribution in [2.24, 2.45) is 10.9 Å². The smallest absolute Gasteiger partial charge is 0.191 e. The molecule has 2 heterocycles. The number of aliphatic imine (C=N–C) groups is 1. The number of rotatable bonds is 5. The summed E-state index contributed by atoms with van der Waals surface area (Å²) in [5.74, 6) is 1.58. The second kappa shape index (κ2) is 10.3. The molecular formula is C22H34N6. The number of anilines is 1. The SMILES string of the molecule is CCNC(=NCC1CCCN(C)C1)NC1CCCN(c2ccccc2C#N)C1. The highest BCUT2D eigenvalue weighted by Crippen LogP contribution is 2.23. The maximum Gasteiger partial charge on any atom is 0.191 e. The zero-order chi connectivity index (χ0) is 19.8. The average Bonchev–Trinajstić information content (AvgIpc) is 2.72. The van der Waals surface area contributed by atoms with Crippen molar-refractivity contribution in [2.45, 2.75) is 38.6 Å². The number of nitriles is 1. The molecule has 0 radical (unpaired) electrons. The van der Waals surface area contributed by atoms with E-state index in [0.29, 0.717) is 12.0 Å². The monoisotopic (exact) mass is 382 g/mol. The molecule has 0 saturated carbocycles. The second-order valence-electron chi connectivity index (χ2n) is 8.05. The first kappa shape index (κ1) is 20.5. The summed E-state index contributed by atoms with van der Waals surface area (Å²) < 4.78 is 0. The molecule has 3 rings (SSSR count). The highest BCUT2D eigenvalue weighted by Gasteiger charge is 2.23. The maximum absolute atomic E-state index is 9.42. The molecule has 152 valence electrons. The molecule has 2 aliphatic heterocycles. The molecule has 0 bridgehead atoms. The summed E-state index contributed by atoms with van der Waals surface area (Å²) in [6.07, 6.45) is 4.79. The van der Waals surface area contributed by atoms with Gasteiger partial charge in [0.05, 0.1) is 11.3 Å². The number of hydrogen-bond acceptors (Lipinski definition) is 4. The van der Waals surface area contributed by atoms with Crippen molar-refractivity contribution in [3.8, 4) is 6.07 Å². The Hall–Kier alpha value is -2.26. The quantitative estimate of drug-likeness (QED) is 0.605. The van der Waals surface area contributed by atoms with Crippen LogP contribution in [-0.4, -0.2) is 63.2 Å². The molecule has 1 aromatic rings. The Morgan fingerprint density at radius 3 is 2.82 bits per heavy atom. The molecule has 28 heavy (non-hydrogen) atoms. The summed E-state index contributed by atoms with van der Waals surface area (Å²) >= 11 is 0. The van der Waals surface area contributed by atoms with Gasteiger partial charge in [-0.1, -0.05) is 12.1 Å². The number of hydrogen-bond donors (Lipinski definition) is 2. The Balaban J connectivity index is 1.61. The van der Waals surface area contributed by atoms with Crippen molar-refractivity contribution in [3.05, 3.63) is 29.8 Å². The van der Waals surface area contributed by atoms with Crippen LogP contribution >= 0.6 is 0 Å². The Morgan fingerprint density at radius 1 is 1.21 bits per heavy atom. The third-order valence-corrected chi connectivity index (χ3v) is 5.70. The van der Waals surface area contributed by atoms with Gasteiger partial charge in [-0.3, -0.25) is 4.99 Å². The van der Waals surface area contributed by atoms with E-state index < -0.39 is 0 Å². The van der Waals surface area contributed by atoms with Gasteiger partial charge < -0.3 is 20.4 Å². The molecule has 2 unspecified atom stereocenters. The van der Waals surface area contributed by atoms with Crippen molar-refractivity contribution in [3.63, 3.8) is 0 Å². The first-order chi connectivity index (χ1) is 13.7. The van der Waals surface area contributed by atoms with E-state index in [4.69, 9.17) is 4.99 Å². The van der Waals surface area contributed by atoms with Crippen LogP contribution < -0.4 is 15.5 Å². The molecule has 0 aliphatic carbocycles. The molecule has 6 nitrogen and oxygen atoms in total. The predicted octanol–water partition coefficient (Wildman–Crippen LogP) is 2.42. The summed E-state index contributed by atoms with van der Waals surface area (Å²) in [5, 5.41) is 16.5. The molecular weight excluding hydrogens is 348 g/mol. The minimum atomic E-state index is 0.340. The Morgan fingerprint density at radius 2 is 2.04 bits per heavy atom. The van der Waals surface area contributed by atoms with Crippen LogP contribution in [0.4, 0.5) is 5.69 Å². The molecule has 2 atom stereocenters. The summed E-state index contributed by atoms with van der Waals surface area (Å²) in [6, 6.07) is 10.6. The van der Waals surface area contributed by atoms with Crippen LogP contribution in [0.3, 0.4) is 0 Å². The van der Waals surface area contributed by atoms with Gasteiger partial charge in [0.25, 0.3) is 0 Å². The summed E-state index contributed by atoms with van der Waals surface area (Å²) in [5.41, 5.74) is 1.80. The molecule has 6 heteroatoms. The molecule has 2 aliphatic rings. The van der Waals surface area contributed by atoms with Gasteiger partial charge in [-0.25, -0.2) is 0 Å². The van der Waals surface area contributed by atoms with Crippen molar-refractivity contribution in [1.29, 1.82) is 5.26 Å². The van der Waals surface area contributed by atoms with Crippen molar-refractivity contribution >= 4 is 11.6 Å². The van der Waals surface area contributed by atoms with E-state index in [1.165, 1.54) is 19.4 Å². The molecule has 0 spiro atoms. The topological polar surface area (TPSA) is 66.7 Å². The Bertz CT molecular complexity index is 695. The molecule has 0 aromatic heterocycles. The summed E-state index contributed by atoms with van der Waals surface area (Å²) in [6.45, 7) is 8.11. The first-order valence-corrected chi connectivity index (χ1v) is 10.7. The summed E-state index contributed by atoms with van der Waals surface area (Å²) in [4.78, 5) is 9.64.